The van der Waals surface area contributed by atoms with Crippen molar-refractivity contribution in [3.05, 3.63) is 71.3 Å². The van der Waals surface area contributed by atoms with Crippen LogP contribution in [0.15, 0.2) is 54.6 Å². The number of nitrogens with one attached hydrogen (secondary N) is 2. The highest BCUT2D eigenvalue weighted by Crippen LogP contribution is 2.23. The van der Waals surface area contributed by atoms with E-state index in [-0.39, 0.29) is 11.7 Å². The van der Waals surface area contributed by atoms with Gasteiger partial charge in [-0.1, -0.05) is 42.5 Å². The molecule has 0 atom stereocenters. The number of fused-ring (bicyclic) bond motifs is 1. The minimum absolute atomic E-state index is 0.0331. The maximum absolute atomic E-state index is 13.2. The highest BCUT2D eigenvalue weighted by molar-refractivity contribution is 7.88. The second-order valence-electron chi connectivity index (χ2n) is 7.61. The molecular weight excluding hydrogens is 428 g/mol. The molecule has 0 unspecified atom stereocenters. The van der Waals surface area contributed by atoms with Crippen LogP contribution >= 0.6 is 0 Å². The second-order valence-corrected chi connectivity index (χ2v) is 9.54. The molecule has 0 aliphatic carbocycles. The Morgan fingerprint density at radius 3 is 2.59 bits per heavy atom. The van der Waals surface area contributed by atoms with Crippen LogP contribution in [0.1, 0.15) is 21.5 Å². The number of anilines is 1. The molecule has 3 aromatic rings. The van der Waals surface area contributed by atoms with E-state index in [9.17, 15) is 13.2 Å². The molecular formula is C23H26N4O4S. The Kier molecular flexibility index (Phi) is 6.69. The first-order chi connectivity index (χ1) is 15.4. The van der Waals surface area contributed by atoms with Gasteiger partial charge in [-0.2, -0.15) is 0 Å². The van der Waals surface area contributed by atoms with E-state index >= 15 is 0 Å². The van der Waals surface area contributed by atoms with E-state index in [0.717, 1.165) is 16.5 Å². The Morgan fingerprint density at radius 2 is 1.81 bits per heavy atom. The molecule has 9 heteroatoms. The summed E-state index contributed by atoms with van der Waals surface area (Å²) in [6.45, 7) is 2.67. The van der Waals surface area contributed by atoms with Gasteiger partial charge in [-0.3, -0.25) is 4.79 Å². The summed E-state index contributed by atoms with van der Waals surface area (Å²) in [6.07, 6.45) is 0. The third kappa shape index (κ3) is 5.24. The standard InChI is InChI=1S/C23H26N4O4S/c1-24-32(29,30)16-18-6-4-5-17(13-18)15-25-22-14-20(19-7-2-3-8-21(19)26-22)23(28)27-9-11-31-12-10-27/h2-8,13-14,24H,9-12,15-16H2,1H3,(H,25,26). The minimum atomic E-state index is -3.34. The number of nitrogens with zero attached hydrogens (tertiary/aromatic N) is 2. The normalized spacial score (nSPS) is 14.5. The number of amides is 1. The van der Waals surface area contributed by atoms with Gasteiger partial charge in [0.2, 0.25) is 10.0 Å². The summed E-state index contributed by atoms with van der Waals surface area (Å²) in [6, 6.07) is 16.8. The molecule has 1 aliphatic heterocycles. The SMILES string of the molecule is CNS(=O)(=O)Cc1cccc(CNc2cc(C(=O)N3CCOCC3)c3ccccc3n2)c1. The number of sulfonamides is 1. The number of pyridine rings is 1. The van der Waals surface area contributed by atoms with Gasteiger partial charge in [0.1, 0.15) is 5.82 Å². The predicted molar refractivity (Wildman–Crippen MR) is 124 cm³/mol. The van der Waals surface area contributed by atoms with Gasteiger partial charge >= 0.3 is 0 Å². The third-order valence-corrected chi connectivity index (χ3v) is 6.71. The molecule has 0 radical (unpaired) electrons. The number of para-hydroxylation sites is 1. The van der Waals surface area contributed by atoms with E-state index in [0.29, 0.717) is 49.8 Å². The number of hydrogen-bond donors (Lipinski definition) is 2. The lowest BCUT2D eigenvalue weighted by Gasteiger charge is -2.27. The first kappa shape index (κ1) is 22.2. The molecule has 1 saturated heterocycles. The average molecular weight is 455 g/mol. The molecule has 32 heavy (non-hydrogen) atoms. The Morgan fingerprint density at radius 1 is 1.06 bits per heavy atom. The van der Waals surface area contributed by atoms with Crippen molar-refractivity contribution < 1.29 is 17.9 Å². The largest absolute Gasteiger partial charge is 0.378 e. The summed E-state index contributed by atoms with van der Waals surface area (Å²) in [5, 5.41) is 4.10. The van der Waals surface area contributed by atoms with E-state index in [1.807, 2.05) is 42.5 Å². The smallest absolute Gasteiger partial charge is 0.254 e. The first-order valence-corrected chi connectivity index (χ1v) is 12.1. The van der Waals surface area contributed by atoms with Crippen molar-refractivity contribution >= 4 is 32.7 Å². The van der Waals surface area contributed by atoms with Gasteiger partial charge in [-0.05, 0) is 30.3 Å². The molecule has 168 valence electrons. The number of morpholine rings is 1. The lowest BCUT2D eigenvalue weighted by Crippen LogP contribution is -2.40. The number of carbonyl (C=O) groups excluding carboxylic acids is 1. The summed E-state index contributed by atoms with van der Waals surface area (Å²) in [5.74, 6) is 0.479. The minimum Gasteiger partial charge on any atom is -0.378 e. The highest BCUT2D eigenvalue weighted by atomic mass is 32.2. The zero-order chi connectivity index (χ0) is 22.6. The molecule has 1 fully saturated rings. The quantitative estimate of drug-likeness (QED) is 0.569. The van der Waals surface area contributed by atoms with Gasteiger partial charge in [0.05, 0.1) is 30.0 Å². The number of hydrogen-bond acceptors (Lipinski definition) is 6. The second kappa shape index (κ2) is 9.64. The van der Waals surface area contributed by atoms with Gasteiger partial charge in [-0.15, -0.1) is 0 Å². The summed E-state index contributed by atoms with van der Waals surface area (Å²) in [5.41, 5.74) is 2.97. The fraction of sp³-hybridized carbons (Fsp3) is 0.304. The summed E-state index contributed by atoms with van der Waals surface area (Å²) in [4.78, 5) is 19.7. The molecule has 0 spiro atoms. The number of ether oxygens (including phenoxy) is 1. The van der Waals surface area contributed by atoms with Crippen LogP contribution in [0, 0.1) is 0 Å². The van der Waals surface area contributed by atoms with Crippen molar-refractivity contribution in [1.29, 1.82) is 0 Å². The van der Waals surface area contributed by atoms with Crippen LogP contribution < -0.4 is 10.0 Å². The highest BCUT2D eigenvalue weighted by Gasteiger charge is 2.21. The number of aromatic nitrogens is 1. The van der Waals surface area contributed by atoms with Crippen molar-refractivity contribution in [3.8, 4) is 0 Å². The monoisotopic (exact) mass is 454 g/mol. The first-order valence-electron chi connectivity index (χ1n) is 10.4. The maximum atomic E-state index is 13.2. The summed E-state index contributed by atoms with van der Waals surface area (Å²) < 4.78 is 31.4. The van der Waals surface area contributed by atoms with Gasteiger partial charge < -0.3 is 15.0 Å². The van der Waals surface area contributed by atoms with Crippen molar-refractivity contribution in [2.24, 2.45) is 0 Å². The van der Waals surface area contributed by atoms with Gasteiger partial charge in [0, 0.05) is 25.0 Å². The molecule has 4 rings (SSSR count). The van der Waals surface area contributed by atoms with Crippen LogP contribution in [-0.4, -0.2) is 57.6 Å². The fourth-order valence-electron chi connectivity index (χ4n) is 3.69. The van der Waals surface area contributed by atoms with Crippen LogP contribution in [0.5, 0.6) is 0 Å². The lowest BCUT2D eigenvalue weighted by molar-refractivity contribution is 0.0304. The molecule has 1 aromatic heterocycles. The van der Waals surface area contributed by atoms with E-state index in [2.05, 4.69) is 15.0 Å². The van der Waals surface area contributed by atoms with E-state index < -0.39 is 10.0 Å². The van der Waals surface area contributed by atoms with Crippen LogP contribution in [0.25, 0.3) is 10.9 Å². The van der Waals surface area contributed by atoms with Gasteiger partial charge in [0.25, 0.3) is 5.91 Å². The zero-order valence-corrected chi connectivity index (χ0v) is 18.7. The Labute approximate surface area is 187 Å². The Hall–Kier alpha value is -3.01. The number of carbonyl (C=O) groups is 1. The number of benzene rings is 2. The molecule has 2 N–H and O–H groups in total. The lowest BCUT2D eigenvalue weighted by atomic mass is 10.1. The molecule has 1 amide bonds. The summed E-state index contributed by atoms with van der Waals surface area (Å²) in [7, 11) is -1.94. The van der Waals surface area contributed by atoms with Crippen LogP contribution in [0.4, 0.5) is 5.82 Å². The number of rotatable bonds is 7. The van der Waals surface area contributed by atoms with Crippen LogP contribution in [0.2, 0.25) is 0 Å². The molecule has 2 heterocycles. The van der Waals surface area contributed by atoms with Crippen molar-refractivity contribution in [2.75, 3.05) is 38.7 Å². The van der Waals surface area contributed by atoms with Crippen molar-refractivity contribution in [2.45, 2.75) is 12.3 Å². The van der Waals surface area contributed by atoms with Crippen LogP contribution in [-0.2, 0) is 27.1 Å². The van der Waals surface area contributed by atoms with E-state index in [1.165, 1.54) is 7.05 Å². The van der Waals surface area contributed by atoms with E-state index in [1.54, 1.807) is 17.0 Å². The third-order valence-electron chi connectivity index (χ3n) is 5.38. The van der Waals surface area contributed by atoms with Crippen molar-refractivity contribution in [1.82, 2.24) is 14.6 Å². The molecule has 2 aromatic carbocycles. The van der Waals surface area contributed by atoms with E-state index in [4.69, 9.17) is 4.74 Å². The predicted octanol–water partition coefficient (Wildman–Crippen LogP) is 2.37. The Bertz CT molecular complexity index is 1220. The maximum Gasteiger partial charge on any atom is 0.254 e. The van der Waals surface area contributed by atoms with Crippen LogP contribution in [0.3, 0.4) is 0 Å². The summed E-state index contributed by atoms with van der Waals surface area (Å²) >= 11 is 0. The molecule has 1 aliphatic rings. The van der Waals surface area contributed by atoms with Gasteiger partial charge in [0.15, 0.2) is 0 Å². The topological polar surface area (TPSA) is 101 Å². The Balaban J connectivity index is 1.57. The fourth-order valence-corrected chi connectivity index (χ4v) is 4.46. The molecule has 0 bridgehead atoms. The molecule has 8 nitrogen and oxygen atoms in total. The zero-order valence-electron chi connectivity index (χ0n) is 17.9. The average Bonchev–Trinajstić information content (AvgIpc) is 2.82. The van der Waals surface area contributed by atoms with Gasteiger partial charge in [-0.25, -0.2) is 18.1 Å². The molecule has 0 saturated carbocycles. The van der Waals surface area contributed by atoms with Crippen molar-refractivity contribution in [3.63, 3.8) is 0 Å².